The van der Waals surface area contributed by atoms with Gasteiger partial charge in [0.05, 0.1) is 12.2 Å². The van der Waals surface area contributed by atoms with E-state index in [4.69, 9.17) is 9.47 Å². The summed E-state index contributed by atoms with van der Waals surface area (Å²) in [4.78, 5) is 15.8. The number of hydrogen-bond donors (Lipinski definition) is 1. The SMILES string of the molecule is CCOC(=O)c1ccccc1Cc1[nH]c2ccc(OCc3ccccc3)cc2c1C. The monoisotopic (exact) mass is 399 g/mol. The highest BCUT2D eigenvalue weighted by molar-refractivity contribution is 5.91. The van der Waals surface area contributed by atoms with E-state index in [0.717, 1.165) is 39.0 Å². The van der Waals surface area contributed by atoms with Gasteiger partial charge >= 0.3 is 5.97 Å². The molecular weight excluding hydrogens is 374 g/mol. The molecule has 4 rings (SSSR count). The molecule has 1 N–H and O–H groups in total. The summed E-state index contributed by atoms with van der Waals surface area (Å²) in [5.74, 6) is 0.561. The van der Waals surface area contributed by atoms with E-state index in [2.05, 4.69) is 30.1 Å². The fourth-order valence-corrected chi connectivity index (χ4v) is 3.64. The molecule has 1 heterocycles. The zero-order chi connectivity index (χ0) is 20.9. The molecule has 3 aromatic carbocycles. The van der Waals surface area contributed by atoms with E-state index < -0.39 is 0 Å². The summed E-state index contributed by atoms with van der Waals surface area (Å²) >= 11 is 0. The van der Waals surface area contributed by atoms with Crippen LogP contribution >= 0.6 is 0 Å². The molecule has 0 unspecified atom stereocenters. The van der Waals surface area contributed by atoms with Gasteiger partial charge in [-0.1, -0.05) is 48.5 Å². The fraction of sp³-hybridized carbons (Fsp3) is 0.192. The molecule has 0 amide bonds. The van der Waals surface area contributed by atoms with E-state index in [1.165, 1.54) is 0 Å². The van der Waals surface area contributed by atoms with Gasteiger partial charge < -0.3 is 14.5 Å². The van der Waals surface area contributed by atoms with E-state index in [9.17, 15) is 4.79 Å². The molecule has 0 saturated heterocycles. The Morgan fingerprint density at radius 3 is 2.53 bits per heavy atom. The number of ether oxygens (including phenoxy) is 2. The first kappa shape index (κ1) is 19.8. The average molecular weight is 399 g/mol. The molecule has 0 atom stereocenters. The van der Waals surface area contributed by atoms with Crippen LogP contribution in [-0.2, 0) is 17.8 Å². The minimum absolute atomic E-state index is 0.279. The van der Waals surface area contributed by atoms with E-state index in [1.807, 2.05) is 61.5 Å². The summed E-state index contributed by atoms with van der Waals surface area (Å²) in [6, 6.07) is 23.9. The van der Waals surface area contributed by atoms with Crippen molar-refractivity contribution in [1.82, 2.24) is 4.98 Å². The fourth-order valence-electron chi connectivity index (χ4n) is 3.64. The van der Waals surface area contributed by atoms with Crippen molar-refractivity contribution in [2.45, 2.75) is 26.9 Å². The second-order valence-corrected chi connectivity index (χ2v) is 7.26. The molecule has 0 aliphatic heterocycles. The molecule has 4 nitrogen and oxygen atoms in total. The van der Waals surface area contributed by atoms with Crippen molar-refractivity contribution >= 4 is 16.9 Å². The van der Waals surface area contributed by atoms with Crippen molar-refractivity contribution < 1.29 is 14.3 Å². The van der Waals surface area contributed by atoms with Crippen LogP contribution in [0.2, 0.25) is 0 Å². The van der Waals surface area contributed by atoms with Crippen molar-refractivity contribution in [2.75, 3.05) is 6.61 Å². The van der Waals surface area contributed by atoms with E-state index >= 15 is 0 Å². The summed E-state index contributed by atoms with van der Waals surface area (Å²) in [5.41, 5.74) is 6.01. The maximum Gasteiger partial charge on any atom is 0.338 e. The molecular formula is C26H25NO3. The number of H-pyrrole nitrogens is 1. The number of carbonyl (C=O) groups is 1. The Balaban J connectivity index is 1.58. The van der Waals surface area contributed by atoms with E-state index in [1.54, 1.807) is 0 Å². The molecule has 1 aromatic heterocycles. The second-order valence-electron chi connectivity index (χ2n) is 7.26. The Morgan fingerprint density at radius 1 is 0.967 bits per heavy atom. The zero-order valence-corrected chi connectivity index (χ0v) is 17.3. The lowest BCUT2D eigenvalue weighted by molar-refractivity contribution is 0.0525. The van der Waals surface area contributed by atoms with Crippen LogP contribution < -0.4 is 4.74 Å². The Hall–Kier alpha value is -3.53. The largest absolute Gasteiger partial charge is 0.489 e. The lowest BCUT2D eigenvalue weighted by Crippen LogP contribution is -2.08. The van der Waals surface area contributed by atoms with Gasteiger partial charge in [0.2, 0.25) is 0 Å². The van der Waals surface area contributed by atoms with Crippen LogP contribution in [0.1, 0.15) is 39.7 Å². The van der Waals surface area contributed by atoms with Gasteiger partial charge in [-0.25, -0.2) is 4.79 Å². The Bertz CT molecular complexity index is 1160. The van der Waals surface area contributed by atoms with Gasteiger partial charge in [0.25, 0.3) is 0 Å². The molecule has 0 aliphatic rings. The molecule has 4 heteroatoms. The molecule has 0 spiro atoms. The van der Waals surface area contributed by atoms with Gasteiger partial charge in [0.15, 0.2) is 0 Å². The quantitative estimate of drug-likeness (QED) is 0.398. The minimum Gasteiger partial charge on any atom is -0.489 e. The predicted molar refractivity (Wildman–Crippen MR) is 119 cm³/mol. The number of aromatic nitrogens is 1. The topological polar surface area (TPSA) is 51.3 Å². The van der Waals surface area contributed by atoms with Gasteiger partial charge in [-0.2, -0.15) is 0 Å². The standard InChI is InChI=1S/C26H25NO3/c1-3-29-26(28)22-12-8-7-11-20(22)15-25-18(2)23-16-21(13-14-24(23)27-25)30-17-19-9-5-4-6-10-19/h4-14,16,27H,3,15,17H2,1-2H3. The molecule has 0 saturated carbocycles. The average Bonchev–Trinajstić information content (AvgIpc) is 3.08. The number of carbonyl (C=O) groups excluding carboxylic acids is 1. The van der Waals surface area contributed by atoms with E-state index in [-0.39, 0.29) is 5.97 Å². The predicted octanol–water partition coefficient (Wildman–Crippen LogP) is 5.82. The summed E-state index contributed by atoms with van der Waals surface area (Å²) in [6.45, 7) is 4.82. The highest BCUT2D eigenvalue weighted by atomic mass is 16.5. The molecule has 30 heavy (non-hydrogen) atoms. The van der Waals surface area contributed by atoms with Crippen LogP contribution in [0.25, 0.3) is 10.9 Å². The summed E-state index contributed by atoms with van der Waals surface area (Å²) in [7, 11) is 0. The van der Waals surface area contributed by atoms with Gasteiger partial charge in [-0.3, -0.25) is 0 Å². The highest BCUT2D eigenvalue weighted by Gasteiger charge is 2.15. The Kier molecular flexibility index (Phi) is 5.84. The van der Waals surface area contributed by atoms with Crippen LogP contribution in [0.4, 0.5) is 0 Å². The lowest BCUT2D eigenvalue weighted by Gasteiger charge is -2.08. The number of nitrogens with one attached hydrogen (secondary N) is 1. The third-order valence-corrected chi connectivity index (χ3v) is 5.26. The van der Waals surface area contributed by atoms with Crippen molar-refractivity contribution in [3.63, 3.8) is 0 Å². The van der Waals surface area contributed by atoms with Gasteiger partial charge in [0.1, 0.15) is 12.4 Å². The van der Waals surface area contributed by atoms with Crippen LogP contribution in [0.15, 0.2) is 72.8 Å². The van der Waals surface area contributed by atoms with Gasteiger partial charge in [0, 0.05) is 23.0 Å². The third-order valence-electron chi connectivity index (χ3n) is 5.26. The first-order valence-corrected chi connectivity index (χ1v) is 10.2. The van der Waals surface area contributed by atoms with Crippen LogP contribution in [0, 0.1) is 6.92 Å². The van der Waals surface area contributed by atoms with Gasteiger partial charge in [-0.05, 0) is 54.8 Å². The normalized spacial score (nSPS) is 10.9. The van der Waals surface area contributed by atoms with Crippen molar-refractivity contribution in [3.05, 3.63) is 101 Å². The number of aryl methyl sites for hydroxylation is 1. The smallest absolute Gasteiger partial charge is 0.338 e. The Labute approximate surface area is 176 Å². The molecule has 4 aromatic rings. The molecule has 0 fully saturated rings. The van der Waals surface area contributed by atoms with Crippen molar-refractivity contribution in [2.24, 2.45) is 0 Å². The van der Waals surface area contributed by atoms with Crippen molar-refractivity contribution in [1.29, 1.82) is 0 Å². The second kappa shape index (κ2) is 8.87. The van der Waals surface area contributed by atoms with Crippen LogP contribution in [0.3, 0.4) is 0 Å². The third kappa shape index (κ3) is 4.23. The maximum atomic E-state index is 12.3. The highest BCUT2D eigenvalue weighted by Crippen LogP contribution is 2.28. The van der Waals surface area contributed by atoms with Crippen LogP contribution in [-0.4, -0.2) is 17.6 Å². The molecule has 0 aliphatic carbocycles. The molecule has 0 bridgehead atoms. The number of aromatic amines is 1. The summed E-state index contributed by atoms with van der Waals surface area (Å²) in [5, 5.41) is 1.13. The number of esters is 1. The summed E-state index contributed by atoms with van der Waals surface area (Å²) < 4.78 is 11.2. The van der Waals surface area contributed by atoms with Gasteiger partial charge in [-0.15, -0.1) is 0 Å². The molecule has 0 radical (unpaired) electrons. The first-order chi connectivity index (χ1) is 14.7. The molecule has 152 valence electrons. The minimum atomic E-state index is -0.279. The number of fused-ring (bicyclic) bond motifs is 1. The number of hydrogen-bond acceptors (Lipinski definition) is 3. The van der Waals surface area contributed by atoms with Crippen molar-refractivity contribution in [3.8, 4) is 5.75 Å². The van der Waals surface area contributed by atoms with Crippen LogP contribution in [0.5, 0.6) is 5.75 Å². The number of rotatable bonds is 7. The van der Waals surface area contributed by atoms with E-state index in [0.29, 0.717) is 25.2 Å². The lowest BCUT2D eigenvalue weighted by atomic mass is 10.0. The first-order valence-electron chi connectivity index (χ1n) is 10.2. The Morgan fingerprint density at radius 2 is 1.73 bits per heavy atom. The summed E-state index contributed by atoms with van der Waals surface area (Å²) in [6.07, 6.45) is 0.635. The maximum absolute atomic E-state index is 12.3. The number of benzene rings is 3. The zero-order valence-electron chi connectivity index (χ0n) is 17.3.